The van der Waals surface area contributed by atoms with Gasteiger partial charge in [0.1, 0.15) is 11.3 Å². The van der Waals surface area contributed by atoms with Crippen molar-refractivity contribution in [2.75, 3.05) is 0 Å². The van der Waals surface area contributed by atoms with Gasteiger partial charge in [0, 0.05) is 6.20 Å². The van der Waals surface area contributed by atoms with Crippen molar-refractivity contribution in [3.8, 4) is 0 Å². The SMILES string of the molecule is O=Nc1c(CC(=O)O)nc2cc(C(=O)O)ccn12. The lowest BCUT2D eigenvalue weighted by atomic mass is 10.3. The number of imidazole rings is 1. The van der Waals surface area contributed by atoms with E-state index in [2.05, 4.69) is 10.2 Å². The van der Waals surface area contributed by atoms with E-state index in [1.54, 1.807) is 0 Å². The number of aromatic nitrogens is 2. The number of hydrogen-bond donors (Lipinski definition) is 2. The van der Waals surface area contributed by atoms with Crippen molar-refractivity contribution in [1.82, 2.24) is 9.38 Å². The summed E-state index contributed by atoms with van der Waals surface area (Å²) < 4.78 is 1.25. The van der Waals surface area contributed by atoms with Crippen molar-refractivity contribution in [2.24, 2.45) is 5.18 Å². The Bertz CT molecular complexity index is 661. The van der Waals surface area contributed by atoms with E-state index in [0.29, 0.717) is 0 Å². The molecule has 92 valence electrons. The highest BCUT2D eigenvalue weighted by atomic mass is 16.4. The number of aliphatic carboxylic acids is 1. The van der Waals surface area contributed by atoms with Crippen molar-refractivity contribution in [3.05, 3.63) is 34.5 Å². The molecule has 0 bridgehead atoms. The van der Waals surface area contributed by atoms with Gasteiger partial charge in [0.25, 0.3) is 0 Å². The highest BCUT2D eigenvalue weighted by Crippen LogP contribution is 2.22. The predicted molar refractivity (Wildman–Crippen MR) is 58.9 cm³/mol. The number of fused-ring (bicyclic) bond motifs is 1. The summed E-state index contributed by atoms with van der Waals surface area (Å²) in [5.41, 5.74) is 0.160. The van der Waals surface area contributed by atoms with E-state index in [-0.39, 0.29) is 22.7 Å². The first-order valence-corrected chi connectivity index (χ1v) is 4.82. The minimum Gasteiger partial charge on any atom is -0.481 e. The van der Waals surface area contributed by atoms with Crippen LogP contribution in [0, 0.1) is 4.91 Å². The maximum Gasteiger partial charge on any atom is 0.335 e. The molecule has 2 N–H and O–H groups in total. The number of nitroso groups, excluding NO2 is 1. The van der Waals surface area contributed by atoms with Crippen LogP contribution in [-0.4, -0.2) is 31.5 Å². The summed E-state index contributed by atoms with van der Waals surface area (Å²) >= 11 is 0. The summed E-state index contributed by atoms with van der Waals surface area (Å²) in [4.78, 5) is 35.9. The number of pyridine rings is 1. The van der Waals surface area contributed by atoms with Crippen LogP contribution < -0.4 is 0 Å². The number of carbonyl (C=O) groups is 2. The molecule has 18 heavy (non-hydrogen) atoms. The minimum atomic E-state index is -1.15. The van der Waals surface area contributed by atoms with E-state index in [0.717, 1.165) is 0 Å². The van der Waals surface area contributed by atoms with Crippen molar-refractivity contribution in [1.29, 1.82) is 0 Å². The van der Waals surface area contributed by atoms with Crippen LogP contribution in [0.1, 0.15) is 16.1 Å². The van der Waals surface area contributed by atoms with E-state index in [4.69, 9.17) is 10.2 Å². The molecule has 8 nitrogen and oxygen atoms in total. The second-order valence-electron chi connectivity index (χ2n) is 3.49. The van der Waals surface area contributed by atoms with Crippen molar-refractivity contribution < 1.29 is 19.8 Å². The molecule has 0 atom stereocenters. The van der Waals surface area contributed by atoms with Crippen molar-refractivity contribution in [2.45, 2.75) is 6.42 Å². The third-order valence-electron chi connectivity index (χ3n) is 2.32. The average Bonchev–Trinajstić information content (AvgIpc) is 2.63. The highest BCUT2D eigenvalue weighted by Gasteiger charge is 2.16. The van der Waals surface area contributed by atoms with Gasteiger partial charge in [0.15, 0.2) is 0 Å². The summed E-state index contributed by atoms with van der Waals surface area (Å²) in [5.74, 6) is -2.42. The summed E-state index contributed by atoms with van der Waals surface area (Å²) in [5, 5.41) is 20.2. The zero-order chi connectivity index (χ0) is 13.3. The Labute approximate surface area is 99.5 Å². The maximum absolute atomic E-state index is 10.8. The van der Waals surface area contributed by atoms with E-state index >= 15 is 0 Å². The van der Waals surface area contributed by atoms with Gasteiger partial charge in [-0.05, 0) is 17.3 Å². The normalized spacial score (nSPS) is 10.4. The van der Waals surface area contributed by atoms with Gasteiger partial charge < -0.3 is 10.2 Å². The molecule has 0 saturated heterocycles. The molecule has 0 saturated carbocycles. The first-order chi connectivity index (χ1) is 8.52. The molecular weight excluding hydrogens is 242 g/mol. The van der Waals surface area contributed by atoms with E-state index in [9.17, 15) is 14.5 Å². The number of rotatable bonds is 4. The lowest BCUT2D eigenvalue weighted by Gasteiger charge is -1.96. The zero-order valence-corrected chi connectivity index (χ0v) is 8.90. The number of nitrogens with zero attached hydrogens (tertiary/aromatic N) is 3. The Morgan fingerprint density at radius 1 is 1.39 bits per heavy atom. The zero-order valence-electron chi connectivity index (χ0n) is 8.90. The van der Waals surface area contributed by atoms with Crippen molar-refractivity contribution in [3.63, 3.8) is 0 Å². The molecule has 0 spiro atoms. The molecule has 2 aromatic heterocycles. The molecule has 2 rings (SSSR count). The Hall–Kier alpha value is -2.77. The van der Waals surface area contributed by atoms with Gasteiger partial charge in [-0.15, -0.1) is 4.91 Å². The van der Waals surface area contributed by atoms with Crippen LogP contribution in [0.2, 0.25) is 0 Å². The van der Waals surface area contributed by atoms with Gasteiger partial charge in [-0.25, -0.2) is 9.78 Å². The molecule has 0 aliphatic rings. The number of hydrogen-bond acceptors (Lipinski definition) is 5. The van der Waals surface area contributed by atoms with Crippen molar-refractivity contribution >= 4 is 23.4 Å². The standard InChI is InChI=1S/C10H7N3O5/c14-8(15)4-6-9(12-18)13-2-1-5(10(16)17)3-7(13)11-6/h1-3H,4H2,(H,14,15)(H,16,17). The monoisotopic (exact) mass is 249 g/mol. The summed E-state index contributed by atoms with van der Waals surface area (Å²) in [6.45, 7) is 0. The average molecular weight is 249 g/mol. The molecule has 2 heterocycles. The summed E-state index contributed by atoms with van der Waals surface area (Å²) in [6.07, 6.45) is 0.860. The van der Waals surface area contributed by atoms with Crippen LogP contribution >= 0.6 is 0 Å². The molecule has 0 aliphatic heterocycles. The Morgan fingerprint density at radius 3 is 2.67 bits per heavy atom. The van der Waals surface area contributed by atoms with E-state index in [1.807, 2.05) is 0 Å². The topological polar surface area (TPSA) is 121 Å². The maximum atomic E-state index is 10.8. The summed E-state index contributed by atoms with van der Waals surface area (Å²) in [7, 11) is 0. The van der Waals surface area contributed by atoms with Gasteiger partial charge in [0.05, 0.1) is 12.0 Å². The first kappa shape index (κ1) is 11.7. The van der Waals surface area contributed by atoms with Gasteiger partial charge in [-0.2, -0.15) is 0 Å². The lowest BCUT2D eigenvalue weighted by Crippen LogP contribution is -2.00. The second kappa shape index (κ2) is 4.24. The molecule has 0 amide bonds. The molecule has 2 aromatic rings. The fourth-order valence-corrected chi connectivity index (χ4v) is 1.57. The van der Waals surface area contributed by atoms with E-state index < -0.39 is 18.4 Å². The minimum absolute atomic E-state index is 0.0000359. The molecule has 0 aromatic carbocycles. The number of carboxylic acids is 2. The van der Waals surface area contributed by atoms with Crippen LogP contribution in [0.15, 0.2) is 23.5 Å². The fraction of sp³-hybridized carbons (Fsp3) is 0.100. The smallest absolute Gasteiger partial charge is 0.335 e. The molecule has 0 fully saturated rings. The molecular formula is C10H7N3O5. The Morgan fingerprint density at radius 2 is 2.11 bits per heavy atom. The molecule has 8 heteroatoms. The number of carboxylic acid groups (broad SMARTS) is 2. The lowest BCUT2D eigenvalue weighted by molar-refractivity contribution is -0.136. The molecule has 0 unspecified atom stereocenters. The Kier molecular flexibility index (Phi) is 2.76. The highest BCUT2D eigenvalue weighted by molar-refractivity contribution is 5.88. The van der Waals surface area contributed by atoms with Gasteiger partial charge in [0.2, 0.25) is 5.82 Å². The third kappa shape index (κ3) is 1.90. The van der Waals surface area contributed by atoms with Gasteiger partial charge in [-0.1, -0.05) is 0 Å². The molecule has 0 radical (unpaired) electrons. The second-order valence-corrected chi connectivity index (χ2v) is 3.49. The van der Waals surface area contributed by atoms with Crippen LogP contribution in [0.5, 0.6) is 0 Å². The van der Waals surface area contributed by atoms with Crippen LogP contribution in [0.25, 0.3) is 5.65 Å². The largest absolute Gasteiger partial charge is 0.481 e. The number of aromatic carboxylic acids is 1. The van der Waals surface area contributed by atoms with E-state index in [1.165, 1.54) is 22.7 Å². The van der Waals surface area contributed by atoms with Crippen LogP contribution in [0.4, 0.5) is 5.82 Å². The van der Waals surface area contributed by atoms with Crippen LogP contribution in [0.3, 0.4) is 0 Å². The van der Waals surface area contributed by atoms with Gasteiger partial charge in [-0.3, -0.25) is 9.20 Å². The Balaban J connectivity index is 2.63. The molecule has 0 aliphatic carbocycles. The third-order valence-corrected chi connectivity index (χ3v) is 2.32. The van der Waals surface area contributed by atoms with Crippen LogP contribution in [-0.2, 0) is 11.2 Å². The summed E-state index contributed by atoms with van der Waals surface area (Å²) in [6, 6.07) is 2.51. The fourth-order valence-electron chi connectivity index (χ4n) is 1.57. The first-order valence-electron chi connectivity index (χ1n) is 4.82. The quantitative estimate of drug-likeness (QED) is 0.781. The van der Waals surface area contributed by atoms with Gasteiger partial charge >= 0.3 is 11.9 Å². The predicted octanol–water partition coefficient (Wildman–Crippen LogP) is 1.06.